The zero-order valence-electron chi connectivity index (χ0n) is 15.2. The molecule has 0 bridgehead atoms. The van der Waals surface area contributed by atoms with E-state index in [0.717, 1.165) is 34.9 Å². The molecule has 1 aliphatic carbocycles. The van der Waals surface area contributed by atoms with E-state index >= 15 is 0 Å². The van der Waals surface area contributed by atoms with Crippen molar-refractivity contribution in [3.63, 3.8) is 0 Å². The Morgan fingerprint density at radius 2 is 2.28 bits per heavy atom. The molecule has 1 aliphatic heterocycles. The summed E-state index contributed by atoms with van der Waals surface area (Å²) in [6.45, 7) is 6.77. The second kappa shape index (κ2) is 11.1. The Kier molecular flexibility index (Phi) is 8.69. The van der Waals surface area contributed by atoms with Crippen LogP contribution in [0.4, 0.5) is 0 Å². The smallest absolute Gasteiger partial charge is 0.156 e. The van der Waals surface area contributed by atoms with Crippen molar-refractivity contribution in [1.29, 1.82) is 0 Å². The normalized spacial score (nSPS) is 25.8. The maximum Gasteiger partial charge on any atom is 0.156 e. The summed E-state index contributed by atoms with van der Waals surface area (Å²) < 4.78 is 5.86. The fourth-order valence-corrected chi connectivity index (χ4v) is 3.43. The van der Waals surface area contributed by atoms with Crippen LogP contribution in [-0.4, -0.2) is 49.8 Å². The maximum absolute atomic E-state index is 5.86. The van der Waals surface area contributed by atoms with Gasteiger partial charge >= 0.3 is 0 Å². The minimum absolute atomic E-state index is 0.357. The van der Waals surface area contributed by atoms with Crippen LogP contribution < -0.4 is 5.32 Å². The number of allylic oxidation sites excluding steroid dienone is 3. The highest BCUT2D eigenvalue weighted by molar-refractivity contribution is 8.13. The largest absolute Gasteiger partial charge is 0.370 e. The van der Waals surface area contributed by atoms with Crippen LogP contribution in [0.25, 0.3) is 0 Å². The lowest BCUT2D eigenvalue weighted by atomic mass is 10.1. The van der Waals surface area contributed by atoms with Crippen LogP contribution in [-0.2, 0) is 4.74 Å². The molecule has 0 unspecified atom stereocenters. The van der Waals surface area contributed by atoms with E-state index in [2.05, 4.69) is 52.2 Å². The lowest BCUT2D eigenvalue weighted by Crippen LogP contribution is -2.14. The summed E-state index contributed by atoms with van der Waals surface area (Å²) in [6.07, 6.45) is 13.4. The molecule has 1 saturated carbocycles. The second-order valence-corrected chi connectivity index (χ2v) is 7.01. The third-order valence-electron chi connectivity index (χ3n) is 4.17. The van der Waals surface area contributed by atoms with E-state index < -0.39 is 0 Å². The van der Waals surface area contributed by atoms with Gasteiger partial charge in [0.1, 0.15) is 6.61 Å². The molecule has 0 aromatic carbocycles. The number of amidine groups is 2. The van der Waals surface area contributed by atoms with Crippen LogP contribution in [0.15, 0.2) is 50.6 Å². The van der Waals surface area contributed by atoms with Gasteiger partial charge in [0, 0.05) is 19.0 Å². The number of nitrogens with zero attached hydrogens (tertiary/aromatic N) is 3. The van der Waals surface area contributed by atoms with Crippen molar-refractivity contribution < 1.29 is 4.74 Å². The topological polar surface area (TPSA) is 58.3 Å². The second-order valence-electron chi connectivity index (χ2n) is 6.00. The third kappa shape index (κ3) is 7.00. The molecule has 25 heavy (non-hydrogen) atoms. The van der Waals surface area contributed by atoms with Gasteiger partial charge in [0.25, 0.3) is 0 Å². The van der Waals surface area contributed by atoms with Crippen LogP contribution >= 0.6 is 11.8 Å². The Balaban J connectivity index is 1.97. The van der Waals surface area contributed by atoms with Crippen molar-refractivity contribution in [2.75, 3.05) is 26.0 Å². The van der Waals surface area contributed by atoms with Crippen molar-refractivity contribution >= 4 is 29.5 Å². The standard InChI is InChI=1S/C19H28N4OS/c1-15(16-7-6-11-22-19(21-3)25-12-10-16)13-23-18(20-2)14-24-17-8-4-5-9-17/h6-7,10,13,17H,2,4-5,8-9,11-12,14H2,1,3H3,(H,21,22)/b7-6-,15-13+,16-10+,23-18-. The van der Waals surface area contributed by atoms with Crippen molar-refractivity contribution in [2.45, 2.75) is 38.7 Å². The highest BCUT2D eigenvalue weighted by atomic mass is 32.2. The number of nitrogens with one attached hydrogen (secondary N) is 1. The highest BCUT2D eigenvalue weighted by Gasteiger charge is 2.15. The van der Waals surface area contributed by atoms with Crippen molar-refractivity contribution in [3.05, 3.63) is 35.6 Å². The maximum atomic E-state index is 5.86. The molecular weight excluding hydrogens is 332 g/mol. The van der Waals surface area contributed by atoms with Gasteiger partial charge in [-0.1, -0.05) is 42.8 Å². The Bertz CT molecular complexity index is 599. The fraction of sp³-hybridized carbons (Fsp3) is 0.526. The number of thioether (sulfide) groups is 1. The van der Waals surface area contributed by atoms with Gasteiger partial charge in [0.05, 0.1) is 12.6 Å². The van der Waals surface area contributed by atoms with E-state index in [1.165, 1.54) is 12.8 Å². The molecule has 0 aromatic rings. The number of aliphatic imine (C=N–C) groups is 3. The van der Waals surface area contributed by atoms with Crippen molar-refractivity contribution in [1.82, 2.24) is 5.32 Å². The summed E-state index contributed by atoms with van der Waals surface area (Å²) in [5.74, 6) is 1.50. The quantitative estimate of drug-likeness (QED) is 0.600. The molecule has 6 heteroatoms. The summed E-state index contributed by atoms with van der Waals surface area (Å²) in [6, 6.07) is 0. The molecule has 1 heterocycles. The lowest BCUT2D eigenvalue weighted by Gasteiger charge is -2.10. The number of hydrogen-bond donors (Lipinski definition) is 1. The summed E-state index contributed by atoms with van der Waals surface area (Å²) in [7, 11) is 1.90. The Morgan fingerprint density at radius 1 is 1.48 bits per heavy atom. The Morgan fingerprint density at radius 3 is 3.00 bits per heavy atom. The van der Waals surface area contributed by atoms with Crippen LogP contribution in [0.3, 0.4) is 0 Å². The van der Waals surface area contributed by atoms with Gasteiger partial charge in [-0.3, -0.25) is 4.99 Å². The Labute approximate surface area is 155 Å². The minimum atomic E-state index is 0.357. The van der Waals surface area contributed by atoms with E-state index in [9.17, 15) is 0 Å². The molecule has 0 spiro atoms. The van der Waals surface area contributed by atoms with Gasteiger partial charge < -0.3 is 10.1 Å². The molecule has 2 aliphatic rings. The molecule has 0 aromatic heterocycles. The first-order chi connectivity index (χ1) is 12.2. The molecular formula is C19H28N4OS. The fourth-order valence-electron chi connectivity index (χ4n) is 2.70. The minimum Gasteiger partial charge on any atom is -0.370 e. The lowest BCUT2D eigenvalue weighted by molar-refractivity contribution is 0.0871. The van der Waals surface area contributed by atoms with Gasteiger partial charge in [-0.25, -0.2) is 9.98 Å². The average molecular weight is 361 g/mol. The first-order valence-electron chi connectivity index (χ1n) is 8.76. The van der Waals surface area contributed by atoms with E-state index in [1.54, 1.807) is 11.8 Å². The molecule has 0 amide bonds. The number of ether oxygens (including phenoxy) is 1. The van der Waals surface area contributed by atoms with E-state index in [-0.39, 0.29) is 0 Å². The molecule has 0 saturated heterocycles. The molecule has 0 atom stereocenters. The third-order valence-corrected chi connectivity index (χ3v) is 5.11. The highest BCUT2D eigenvalue weighted by Crippen LogP contribution is 2.21. The van der Waals surface area contributed by atoms with Gasteiger partial charge in [0.15, 0.2) is 11.0 Å². The predicted octanol–water partition coefficient (Wildman–Crippen LogP) is 3.75. The number of rotatable bonds is 5. The zero-order valence-corrected chi connectivity index (χ0v) is 16.0. The summed E-state index contributed by atoms with van der Waals surface area (Å²) >= 11 is 1.69. The van der Waals surface area contributed by atoms with Gasteiger partial charge in [0.2, 0.25) is 0 Å². The van der Waals surface area contributed by atoms with Gasteiger partial charge in [-0.2, -0.15) is 0 Å². The molecule has 0 radical (unpaired) electrons. The first-order valence-corrected chi connectivity index (χ1v) is 9.75. The SMILES string of the molecule is C=N\C(COC1CCCC1)=N/C=C(C)/C1=C/CS/C(NC)=N\C/C=C\1. The predicted molar refractivity (Wildman–Crippen MR) is 110 cm³/mol. The van der Waals surface area contributed by atoms with E-state index in [4.69, 9.17) is 4.74 Å². The van der Waals surface area contributed by atoms with E-state index in [1.807, 2.05) is 13.2 Å². The van der Waals surface area contributed by atoms with E-state index in [0.29, 0.717) is 25.1 Å². The molecule has 136 valence electrons. The number of hydrogen-bond acceptors (Lipinski definition) is 5. The van der Waals surface area contributed by atoms with Crippen molar-refractivity contribution in [2.24, 2.45) is 15.0 Å². The monoisotopic (exact) mass is 360 g/mol. The van der Waals surface area contributed by atoms with Gasteiger partial charge in [-0.05, 0) is 37.6 Å². The first kappa shape index (κ1) is 19.7. The summed E-state index contributed by atoms with van der Waals surface area (Å²) in [5, 5.41) is 4.07. The van der Waals surface area contributed by atoms with Crippen LogP contribution in [0.2, 0.25) is 0 Å². The molecule has 1 fully saturated rings. The average Bonchev–Trinajstić information content (AvgIpc) is 3.17. The van der Waals surface area contributed by atoms with Crippen LogP contribution in [0, 0.1) is 0 Å². The molecule has 1 N–H and O–H groups in total. The summed E-state index contributed by atoms with van der Waals surface area (Å²) in [4.78, 5) is 12.9. The van der Waals surface area contributed by atoms with Gasteiger partial charge in [-0.15, -0.1) is 0 Å². The van der Waals surface area contributed by atoms with Crippen molar-refractivity contribution in [3.8, 4) is 0 Å². The molecule has 5 nitrogen and oxygen atoms in total. The summed E-state index contributed by atoms with van der Waals surface area (Å²) in [5.41, 5.74) is 2.25. The van der Waals surface area contributed by atoms with Crippen LogP contribution in [0.1, 0.15) is 32.6 Å². The molecule has 2 rings (SSSR count). The zero-order chi connectivity index (χ0) is 17.9. The Hall–Kier alpha value is -1.66. The van der Waals surface area contributed by atoms with Crippen LogP contribution in [0.5, 0.6) is 0 Å².